The van der Waals surface area contributed by atoms with Gasteiger partial charge in [-0.2, -0.15) is 0 Å². The van der Waals surface area contributed by atoms with Crippen LogP contribution in [0.1, 0.15) is 72.6 Å². The van der Waals surface area contributed by atoms with Gasteiger partial charge in [0.1, 0.15) is 0 Å². The fourth-order valence-corrected chi connectivity index (χ4v) is 2.55. The molecule has 0 aromatic heterocycles. The molecule has 1 unspecified atom stereocenters. The predicted molar refractivity (Wildman–Crippen MR) is 83.9 cm³/mol. The first-order chi connectivity index (χ1) is 10.1. The summed E-state index contributed by atoms with van der Waals surface area (Å²) in [5.74, 6) is -1.56. The molecule has 0 aliphatic heterocycles. The van der Waals surface area contributed by atoms with Crippen LogP contribution in [0.2, 0.25) is 0 Å². The maximum Gasteiger partial charge on any atom is 0.320 e. The second kappa shape index (κ2) is 12.7. The zero-order valence-electron chi connectivity index (χ0n) is 14.2. The number of carbonyl (C=O) groups excluding carboxylic acids is 2. The van der Waals surface area contributed by atoms with Crippen molar-refractivity contribution in [2.75, 3.05) is 13.2 Å². The van der Waals surface area contributed by atoms with Crippen LogP contribution in [-0.4, -0.2) is 25.2 Å². The third-order valence-corrected chi connectivity index (χ3v) is 3.66. The molecule has 0 saturated carbocycles. The molecule has 0 aromatic rings. The number of unbranched alkanes of at least 4 members (excludes halogenated alkanes) is 3. The van der Waals surface area contributed by atoms with Crippen LogP contribution in [0, 0.1) is 11.8 Å². The zero-order chi connectivity index (χ0) is 16.1. The average molecular weight is 300 g/mol. The molecule has 0 rings (SSSR count). The van der Waals surface area contributed by atoms with E-state index in [1.54, 1.807) is 13.8 Å². The van der Waals surface area contributed by atoms with Crippen molar-refractivity contribution in [3.63, 3.8) is 0 Å². The van der Waals surface area contributed by atoms with E-state index in [2.05, 4.69) is 13.8 Å². The molecule has 0 N–H and O–H groups in total. The Morgan fingerprint density at radius 3 is 1.67 bits per heavy atom. The summed E-state index contributed by atoms with van der Waals surface area (Å²) in [6.07, 6.45) is 7.14. The summed E-state index contributed by atoms with van der Waals surface area (Å²) >= 11 is 0. The van der Waals surface area contributed by atoms with Crippen LogP contribution in [0.3, 0.4) is 0 Å². The third-order valence-electron chi connectivity index (χ3n) is 3.66. The lowest BCUT2D eigenvalue weighted by molar-refractivity contribution is -0.164. The summed E-state index contributed by atoms with van der Waals surface area (Å²) in [5, 5.41) is 0. The predicted octanol–water partition coefficient (Wildman–Crippen LogP) is 4.12. The van der Waals surface area contributed by atoms with Crippen molar-refractivity contribution in [2.45, 2.75) is 72.6 Å². The SMILES string of the molecule is CCCCCC(CCCC)C(C(=O)OCC)C(=O)OCC. The van der Waals surface area contributed by atoms with Crippen molar-refractivity contribution in [1.29, 1.82) is 0 Å². The van der Waals surface area contributed by atoms with Gasteiger partial charge in [-0.3, -0.25) is 9.59 Å². The summed E-state index contributed by atoms with van der Waals surface area (Å²) in [7, 11) is 0. The smallest absolute Gasteiger partial charge is 0.320 e. The Morgan fingerprint density at radius 2 is 1.24 bits per heavy atom. The molecule has 21 heavy (non-hydrogen) atoms. The molecule has 1 atom stereocenters. The van der Waals surface area contributed by atoms with Gasteiger partial charge in [0, 0.05) is 0 Å². The fourth-order valence-electron chi connectivity index (χ4n) is 2.55. The van der Waals surface area contributed by atoms with Crippen molar-refractivity contribution in [2.24, 2.45) is 11.8 Å². The minimum absolute atomic E-state index is 0.0367. The van der Waals surface area contributed by atoms with Gasteiger partial charge in [0.2, 0.25) is 0 Å². The molecule has 0 aliphatic rings. The second-order valence-corrected chi connectivity index (χ2v) is 5.38. The Hall–Kier alpha value is -1.06. The number of rotatable bonds is 12. The second-order valence-electron chi connectivity index (χ2n) is 5.38. The molecule has 0 amide bonds. The number of ether oxygens (including phenoxy) is 2. The fraction of sp³-hybridized carbons (Fsp3) is 0.882. The van der Waals surface area contributed by atoms with Crippen molar-refractivity contribution < 1.29 is 19.1 Å². The molecule has 0 saturated heterocycles. The van der Waals surface area contributed by atoms with E-state index >= 15 is 0 Å². The van der Waals surface area contributed by atoms with Crippen molar-refractivity contribution >= 4 is 11.9 Å². The highest BCUT2D eigenvalue weighted by Gasteiger charge is 2.36. The van der Waals surface area contributed by atoms with Gasteiger partial charge in [0.15, 0.2) is 5.92 Å². The van der Waals surface area contributed by atoms with Crippen molar-refractivity contribution in [3.05, 3.63) is 0 Å². The highest BCUT2D eigenvalue weighted by Crippen LogP contribution is 2.27. The third kappa shape index (κ3) is 8.08. The maximum atomic E-state index is 12.2. The molecule has 0 bridgehead atoms. The van der Waals surface area contributed by atoms with Crippen LogP contribution in [0.4, 0.5) is 0 Å². The molecule has 0 spiro atoms. The summed E-state index contributed by atoms with van der Waals surface area (Å²) in [6.45, 7) is 8.38. The van der Waals surface area contributed by atoms with Gasteiger partial charge in [-0.1, -0.05) is 46.0 Å². The summed E-state index contributed by atoms with van der Waals surface area (Å²) in [5.41, 5.74) is 0. The first-order valence-electron chi connectivity index (χ1n) is 8.45. The molecule has 0 fully saturated rings. The van der Waals surface area contributed by atoms with Gasteiger partial charge in [0.25, 0.3) is 0 Å². The van der Waals surface area contributed by atoms with Crippen LogP contribution < -0.4 is 0 Å². The van der Waals surface area contributed by atoms with Gasteiger partial charge in [0.05, 0.1) is 13.2 Å². The first kappa shape index (κ1) is 19.9. The first-order valence-corrected chi connectivity index (χ1v) is 8.45. The lowest BCUT2D eigenvalue weighted by Gasteiger charge is -2.24. The van der Waals surface area contributed by atoms with E-state index in [-0.39, 0.29) is 5.92 Å². The Kier molecular flexibility index (Phi) is 12.0. The Bertz CT molecular complexity index is 271. The van der Waals surface area contributed by atoms with Gasteiger partial charge < -0.3 is 9.47 Å². The molecule has 4 nitrogen and oxygen atoms in total. The standard InChI is InChI=1S/C17H32O4/c1-5-9-11-13-14(12-10-6-2)15(16(18)20-7-3)17(19)21-8-4/h14-15H,5-13H2,1-4H3. The van der Waals surface area contributed by atoms with E-state index in [4.69, 9.17) is 9.47 Å². The van der Waals surface area contributed by atoms with Crippen molar-refractivity contribution in [1.82, 2.24) is 0 Å². The van der Waals surface area contributed by atoms with E-state index in [1.165, 1.54) is 0 Å². The van der Waals surface area contributed by atoms with Crippen LogP contribution in [0.15, 0.2) is 0 Å². The van der Waals surface area contributed by atoms with E-state index in [0.717, 1.165) is 44.9 Å². The van der Waals surface area contributed by atoms with Crippen molar-refractivity contribution in [3.8, 4) is 0 Å². The van der Waals surface area contributed by atoms with Gasteiger partial charge >= 0.3 is 11.9 Å². The normalized spacial score (nSPS) is 12.2. The van der Waals surface area contributed by atoms with E-state index in [1.807, 2.05) is 0 Å². The highest BCUT2D eigenvalue weighted by molar-refractivity contribution is 5.95. The number of esters is 2. The summed E-state index contributed by atoms with van der Waals surface area (Å²) < 4.78 is 10.2. The number of hydrogen-bond acceptors (Lipinski definition) is 4. The highest BCUT2D eigenvalue weighted by atomic mass is 16.6. The summed E-state index contributed by atoms with van der Waals surface area (Å²) in [6, 6.07) is 0. The lowest BCUT2D eigenvalue weighted by Crippen LogP contribution is -2.34. The quantitative estimate of drug-likeness (QED) is 0.309. The van der Waals surface area contributed by atoms with Crippen LogP contribution >= 0.6 is 0 Å². The Labute approximate surface area is 129 Å². The molecule has 0 aliphatic carbocycles. The molecule has 124 valence electrons. The minimum Gasteiger partial charge on any atom is -0.465 e. The Balaban J connectivity index is 4.93. The molecule has 0 aromatic carbocycles. The van der Waals surface area contributed by atoms with E-state index < -0.39 is 17.9 Å². The van der Waals surface area contributed by atoms with Crippen LogP contribution in [-0.2, 0) is 19.1 Å². The Morgan fingerprint density at radius 1 is 0.762 bits per heavy atom. The lowest BCUT2D eigenvalue weighted by atomic mass is 9.83. The van der Waals surface area contributed by atoms with Crippen LogP contribution in [0.5, 0.6) is 0 Å². The number of carbonyl (C=O) groups is 2. The number of hydrogen-bond donors (Lipinski definition) is 0. The maximum absolute atomic E-state index is 12.2. The molecule has 4 heteroatoms. The molecule has 0 heterocycles. The molecular weight excluding hydrogens is 268 g/mol. The van der Waals surface area contributed by atoms with E-state index in [0.29, 0.717) is 13.2 Å². The minimum atomic E-state index is -0.756. The molecular formula is C17H32O4. The monoisotopic (exact) mass is 300 g/mol. The average Bonchev–Trinajstić information content (AvgIpc) is 2.45. The van der Waals surface area contributed by atoms with Crippen LogP contribution in [0.25, 0.3) is 0 Å². The molecule has 0 radical (unpaired) electrons. The van der Waals surface area contributed by atoms with Gasteiger partial charge in [-0.25, -0.2) is 0 Å². The summed E-state index contributed by atoms with van der Waals surface area (Å²) in [4.78, 5) is 24.3. The largest absolute Gasteiger partial charge is 0.465 e. The topological polar surface area (TPSA) is 52.6 Å². The van der Waals surface area contributed by atoms with Gasteiger partial charge in [-0.05, 0) is 32.6 Å². The zero-order valence-corrected chi connectivity index (χ0v) is 14.2. The van der Waals surface area contributed by atoms with E-state index in [9.17, 15) is 9.59 Å². The van der Waals surface area contributed by atoms with Gasteiger partial charge in [-0.15, -0.1) is 0 Å².